The van der Waals surface area contributed by atoms with E-state index in [1.807, 2.05) is 54.6 Å². The zero-order chi connectivity index (χ0) is 13.7. The van der Waals surface area contributed by atoms with E-state index in [2.05, 4.69) is 23.3 Å². The molecule has 0 bridgehead atoms. The van der Waals surface area contributed by atoms with Crippen LogP contribution in [-0.2, 0) is 4.79 Å². The minimum absolute atomic E-state index is 0.105. The van der Waals surface area contributed by atoms with E-state index in [1.165, 1.54) is 0 Å². The molecule has 1 amide bonds. The smallest absolute Gasteiger partial charge is 0.236 e. The van der Waals surface area contributed by atoms with Gasteiger partial charge in [0, 0.05) is 17.1 Å². The van der Waals surface area contributed by atoms with Crippen LogP contribution in [0, 0.1) is 0 Å². The summed E-state index contributed by atoms with van der Waals surface area (Å²) in [6.45, 7) is 1.74. The lowest BCUT2D eigenvalue weighted by molar-refractivity contribution is -0.115. The molecule has 1 unspecified atom stereocenters. The first-order valence-electron chi connectivity index (χ1n) is 6.06. The van der Waals surface area contributed by atoms with Crippen molar-refractivity contribution in [2.75, 3.05) is 10.6 Å². The number of benzene rings is 2. The first kappa shape index (κ1) is 13.5. The van der Waals surface area contributed by atoms with Crippen molar-refractivity contribution in [1.82, 2.24) is 0 Å². The van der Waals surface area contributed by atoms with Crippen molar-refractivity contribution in [3.8, 4) is 0 Å². The molecule has 19 heavy (non-hydrogen) atoms. The van der Waals surface area contributed by atoms with Crippen molar-refractivity contribution < 1.29 is 4.79 Å². The van der Waals surface area contributed by atoms with E-state index >= 15 is 0 Å². The van der Waals surface area contributed by atoms with Crippen LogP contribution in [0.4, 0.5) is 17.1 Å². The number of para-hydroxylation sites is 1. The zero-order valence-corrected chi connectivity index (χ0v) is 11.5. The molecule has 0 aliphatic rings. The number of nitrogens with one attached hydrogen (secondary N) is 2. The second-order valence-electron chi connectivity index (χ2n) is 4.23. The number of hydrogen-bond acceptors (Lipinski definition) is 3. The fraction of sp³-hybridized carbons (Fsp3) is 0.133. The molecule has 98 valence electrons. The molecule has 0 saturated heterocycles. The van der Waals surface area contributed by atoms with Gasteiger partial charge in [-0.25, -0.2) is 0 Å². The highest BCUT2D eigenvalue weighted by Crippen LogP contribution is 2.18. The molecule has 0 aromatic heterocycles. The second kappa shape index (κ2) is 6.29. The number of rotatable bonds is 4. The maximum absolute atomic E-state index is 11.5. The molecule has 1 atom stereocenters. The van der Waals surface area contributed by atoms with Crippen molar-refractivity contribution in [3.63, 3.8) is 0 Å². The van der Waals surface area contributed by atoms with Crippen molar-refractivity contribution in [2.24, 2.45) is 0 Å². The molecular formula is C15H16N2OS. The maximum Gasteiger partial charge on any atom is 0.236 e. The number of carbonyl (C=O) groups is 1. The van der Waals surface area contributed by atoms with E-state index in [9.17, 15) is 4.79 Å². The number of anilines is 3. The van der Waals surface area contributed by atoms with Crippen LogP contribution in [0.2, 0.25) is 0 Å². The average Bonchev–Trinajstić information content (AvgIpc) is 2.42. The minimum atomic E-state index is -0.317. The van der Waals surface area contributed by atoms with Gasteiger partial charge < -0.3 is 10.6 Å². The number of hydrogen-bond donors (Lipinski definition) is 3. The van der Waals surface area contributed by atoms with Gasteiger partial charge in [0.05, 0.1) is 5.25 Å². The molecule has 0 radical (unpaired) electrons. The highest BCUT2D eigenvalue weighted by molar-refractivity contribution is 7.81. The topological polar surface area (TPSA) is 41.1 Å². The van der Waals surface area contributed by atoms with Crippen LogP contribution in [0.25, 0.3) is 0 Å². The standard InChI is InChI=1S/C15H16N2OS/c1-11(19)15(18)17-14-9-7-13(8-10-14)16-12-5-3-2-4-6-12/h2-11,16,19H,1H3,(H,17,18). The van der Waals surface area contributed by atoms with Crippen molar-refractivity contribution in [1.29, 1.82) is 0 Å². The van der Waals surface area contributed by atoms with Gasteiger partial charge >= 0.3 is 0 Å². The maximum atomic E-state index is 11.5. The Morgan fingerprint density at radius 1 is 0.947 bits per heavy atom. The van der Waals surface area contributed by atoms with Gasteiger partial charge in [-0.1, -0.05) is 18.2 Å². The summed E-state index contributed by atoms with van der Waals surface area (Å²) >= 11 is 4.09. The van der Waals surface area contributed by atoms with Gasteiger partial charge in [-0.05, 0) is 43.3 Å². The van der Waals surface area contributed by atoms with Crippen molar-refractivity contribution >= 4 is 35.6 Å². The Kier molecular flexibility index (Phi) is 4.47. The van der Waals surface area contributed by atoms with E-state index in [4.69, 9.17) is 0 Å². The van der Waals surface area contributed by atoms with Gasteiger partial charge in [0.1, 0.15) is 0 Å². The lowest BCUT2D eigenvalue weighted by Gasteiger charge is -2.09. The molecule has 2 N–H and O–H groups in total. The normalized spacial score (nSPS) is 11.7. The Balaban J connectivity index is 2.01. The van der Waals surface area contributed by atoms with Gasteiger partial charge in [-0.15, -0.1) is 0 Å². The summed E-state index contributed by atoms with van der Waals surface area (Å²) in [7, 11) is 0. The number of amides is 1. The Morgan fingerprint density at radius 2 is 1.47 bits per heavy atom. The highest BCUT2D eigenvalue weighted by atomic mass is 32.1. The molecular weight excluding hydrogens is 256 g/mol. The summed E-state index contributed by atoms with van der Waals surface area (Å²) in [5.74, 6) is -0.105. The summed E-state index contributed by atoms with van der Waals surface area (Å²) in [5, 5.41) is 5.75. The van der Waals surface area contributed by atoms with Crippen LogP contribution < -0.4 is 10.6 Å². The largest absolute Gasteiger partial charge is 0.356 e. The van der Waals surface area contributed by atoms with Crippen molar-refractivity contribution in [3.05, 3.63) is 54.6 Å². The Hall–Kier alpha value is -1.94. The zero-order valence-electron chi connectivity index (χ0n) is 10.6. The number of carbonyl (C=O) groups excluding carboxylic acids is 1. The van der Waals surface area contributed by atoms with Gasteiger partial charge in [-0.3, -0.25) is 4.79 Å². The Labute approximate surface area is 118 Å². The third kappa shape index (κ3) is 4.03. The quantitative estimate of drug-likeness (QED) is 0.743. The van der Waals surface area contributed by atoms with Gasteiger partial charge in [-0.2, -0.15) is 12.6 Å². The highest BCUT2D eigenvalue weighted by Gasteiger charge is 2.07. The monoisotopic (exact) mass is 272 g/mol. The molecule has 0 saturated carbocycles. The Morgan fingerprint density at radius 3 is 2.05 bits per heavy atom. The Bertz CT molecular complexity index is 538. The molecule has 0 fully saturated rings. The SMILES string of the molecule is CC(S)C(=O)Nc1ccc(Nc2ccccc2)cc1. The molecule has 2 rings (SSSR count). The third-order valence-electron chi connectivity index (χ3n) is 2.59. The fourth-order valence-electron chi connectivity index (χ4n) is 1.57. The van der Waals surface area contributed by atoms with Crippen LogP contribution in [0.15, 0.2) is 54.6 Å². The predicted molar refractivity (Wildman–Crippen MR) is 83.2 cm³/mol. The first-order valence-corrected chi connectivity index (χ1v) is 6.58. The van der Waals surface area contributed by atoms with Gasteiger partial charge in [0.15, 0.2) is 0 Å². The van der Waals surface area contributed by atoms with Crippen LogP contribution in [-0.4, -0.2) is 11.2 Å². The summed E-state index contributed by atoms with van der Waals surface area (Å²) in [6.07, 6.45) is 0. The average molecular weight is 272 g/mol. The summed E-state index contributed by atoms with van der Waals surface area (Å²) in [6, 6.07) is 17.5. The number of thiol groups is 1. The minimum Gasteiger partial charge on any atom is -0.356 e. The van der Waals surface area contributed by atoms with E-state index in [0.29, 0.717) is 0 Å². The molecule has 0 heterocycles. The summed E-state index contributed by atoms with van der Waals surface area (Å²) < 4.78 is 0. The molecule has 2 aromatic carbocycles. The molecule has 3 nitrogen and oxygen atoms in total. The predicted octanol–water partition coefficient (Wildman–Crippen LogP) is 3.69. The van der Waals surface area contributed by atoms with E-state index in [-0.39, 0.29) is 11.2 Å². The van der Waals surface area contributed by atoms with Crippen LogP contribution in [0.3, 0.4) is 0 Å². The van der Waals surface area contributed by atoms with Gasteiger partial charge in [0.25, 0.3) is 0 Å². The van der Waals surface area contributed by atoms with E-state index < -0.39 is 0 Å². The lowest BCUT2D eigenvalue weighted by atomic mass is 10.2. The lowest BCUT2D eigenvalue weighted by Crippen LogP contribution is -2.20. The van der Waals surface area contributed by atoms with Gasteiger partial charge in [0.2, 0.25) is 5.91 Å². The first-order chi connectivity index (χ1) is 9.15. The molecule has 0 spiro atoms. The van der Waals surface area contributed by atoms with Crippen LogP contribution >= 0.6 is 12.6 Å². The summed E-state index contributed by atoms with van der Waals surface area (Å²) in [5.41, 5.74) is 2.77. The third-order valence-corrected chi connectivity index (χ3v) is 2.83. The molecule has 0 aliphatic heterocycles. The fourth-order valence-corrected chi connectivity index (χ4v) is 1.64. The van der Waals surface area contributed by atoms with Crippen LogP contribution in [0.1, 0.15) is 6.92 Å². The molecule has 4 heteroatoms. The second-order valence-corrected chi connectivity index (χ2v) is 5.01. The molecule has 2 aromatic rings. The molecule has 0 aliphatic carbocycles. The van der Waals surface area contributed by atoms with Crippen LogP contribution in [0.5, 0.6) is 0 Å². The summed E-state index contributed by atoms with van der Waals surface area (Å²) in [4.78, 5) is 11.5. The van der Waals surface area contributed by atoms with Crippen molar-refractivity contribution in [2.45, 2.75) is 12.2 Å². The van der Waals surface area contributed by atoms with E-state index in [1.54, 1.807) is 6.92 Å². The van der Waals surface area contributed by atoms with E-state index in [0.717, 1.165) is 17.1 Å².